The van der Waals surface area contributed by atoms with Gasteiger partial charge in [0.05, 0.1) is 5.71 Å². The molecule has 2 N–H and O–H groups in total. The summed E-state index contributed by atoms with van der Waals surface area (Å²) in [6, 6.07) is 0. The normalized spacial score (nSPS) is 12.4. The zero-order valence-corrected chi connectivity index (χ0v) is 12.3. The second-order valence-electron chi connectivity index (χ2n) is 4.44. The average molecular weight is 249 g/mol. The predicted molar refractivity (Wildman–Crippen MR) is 81.5 cm³/mol. The molecule has 0 aromatic heterocycles. The van der Waals surface area contributed by atoms with Crippen molar-refractivity contribution in [2.24, 2.45) is 10.7 Å². The topological polar surface area (TPSA) is 41.6 Å². The quantitative estimate of drug-likeness (QED) is 0.529. The molecule has 0 saturated carbocycles. The first-order chi connectivity index (χ1) is 8.46. The van der Waals surface area contributed by atoms with Gasteiger partial charge in [0.2, 0.25) is 0 Å². The molecule has 0 unspecified atom stereocenters. The number of nitrogens with zero attached hydrogens (tertiary/aromatic N) is 2. The molecule has 0 aliphatic carbocycles. The van der Waals surface area contributed by atoms with Crippen molar-refractivity contribution in [3.8, 4) is 0 Å². The van der Waals surface area contributed by atoms with Crippen LogP contribution < -0.4 is 5.73 Å². The van der Waals surface area contributed by atoms with E-state index >= 15 is 0 Å². The van der Waals surface area contributed by atoms with Crippen LogP contribution in [-0.2, 0) is 0 Å². The van der Waals surface area contributed by atoms with Crippen molar-refractivity contribution >= 4 is 5.71 Å². The average Bonchev–Trinajstić information content (AvgIpc) is 2.33. The minimum Gasteiger partial charge on any atom is -0.398 e. The summed E-state index contributed by atoms with van der Waals surface area (Å²) in [6.45, 7) is 14.8. The molecule has 0 aliphatic rings. The predicted octanol–water partition coefficient (Wildman–Crippen LogP) is 3.46. The molecule has 0 heterocycles. The Hall–Kier alpha value is -1.51. The lowest BCUT2D eigenvalue weighted by Gasteiger charge is -2.21. The van der Waals surface area contributed by atoms with Gasteiger partial charge in [-0.05, 0) is 25.8 Å². The molecule has 0 spiro atoms. The first kappa shape index (κ1) is 16.5. The highest BCUT2D eigenvalue weighted by molar-refractivity contribution is 5.99. The van der Waals surface area contributed by atoms with Crippen molar-refractivity contribution in [1.29, 1.82) is 0 Å². The van der Waals surface area contributed by atoms with Crippen molar-refractivity contribution in [2.45, 2.75) is 40.0 Å². The summed E-state index contributed by atoms with van der Waals surface area (Å²) >= 11 is 0. The Bertz CT molecular complexity index is 351. The van der Waals surface area contributed by atoms with E-state index in [-0.39, 0.29) is 0 Å². The Kier molecular flexibility index (Phi) is 7.84. The molecule has 0 saturated heterocycles. The van der Waals surface area contributed by atoms with Crippen LogP contribution in [0.1, 0.15) is 40.0 Å². The number of aliphatic imine (C=N–C) groups is 1. The molecule has 3 heteroatoms. The van der Waals surface area contributed by atoms with Crippen LogP contribution in [0.2, 0.25) is 0 Å². The maximum absolute atomic E-state index is 5.76. The Morgan fingerprint density at radius 3 is 2.33 bits per heavy atom. The minimum absolute atomic E-state index is 0.555. The number of allylic oxidation sites excluding steroid dienone is 2. The summed E-state index contributed by atoms with van der Waals surface area (Å²) in [5.41, 5.74) is 8.38. The van der Waals surface area contributed by atoms with Gasteiger partial charge >= 0.3 is 0 Å². The summed E-state index contributed by atoms with van der Waals surface area (Å²) in [6.07, 6.45) is 4.84. The molecule has 0 aliphatic heterocycles. The standard InChI is InChI=1S/C15H27N3/c1-7-10-14(13(5)16)17-15(9-3)18(6)11-12(4)8-2/h9H,4-5,7-8,10-11,16H2,1-3,6H3/b15-9-,17-14+. The molecule has 0 amide bonds. The van der Waals surface area contributed by atoms with Crippen molar-refractivity contribution in [1.82, 2.24) is 4.90 Å². The largest absolute Gasteiger partial charge is 0.398 e. The number of likely N-dealkylation sites (N-methyl/N-ethyl adjacent to an activating group) is 1. The second kappa shape index (κ2) is 8.56. The lowest BCUT2D eigenvalue weighted by atomic mass is 10.2. The number of hydrogen-bond acceptors (Lipinski definition) is 3. The molecule has 0 rings (SSSR count). The van der Waals surface area contributed by atoms with Crippen molar-refractivity contribution in [2.75, 3.05) is 13.6 Å². The molecule has 0 fully saturated rings. The molecule has 102 valence electrons. The monoisotopic (exact) mass is 249 g/mol. The third kappa shape index (κ3) is 5.71. The van der Waals surface area contributed by atoms with Crippen LogP contribution in [0.3, 0.4) is 0 Å². The van der Waals surface area contributed by atoms with E-state index in [2.05, 4.69) is 36.9 Å². The molecule has 0 aromatic rings. The Balaban J connectivity index is 4.92. The van der Waals surface area contributed by atoms with Gasteiger partial charge in [-0.3, -0.25) is 0 Å². The molecule has 0 radical (unpaired) electrons. The lowest BCUT2D eigenvalue weighted by molar-refractivity contribution is 0.444. The fraction of sp³-hybridized carbons (Fsp3) is 0.533. The number of nitrogens with two attached hydrogens (primary N) is 1. The highest BCUT2D eigenvalue weighted by Gasteiger charge is 2.06. The highest BCUT2D eigenvalue weighted by atomic mass is 15.2. The van der Waals surface area contributed by atoms with Crippen LogP contribution in [0.15, 0.2) is 41.3 Å². The summed E-state index contributed by atoms with van der Waals surface area (Å²) < 4.78 is 0. The van der Waals surface area contributed by atoms with Crippen molar-refractivity contribution in [3.05, 3.63) is 36.3 Å². The van der Waals surface area contributed by atoms with E-state index in [9.17, 15) is 0 Å². The van der Waals surface area contributed by atoms with Crippen LogP contribution in [0.25, 0.3) is 0 Å². The van der Waals surface area contributed by atoms with Gasteiger partial charge in [0.25, 0.3) is 0 Å². The van der Waals surface area contributed by atoms with E-state index in [0.717, 1.165) is 37.3 Å². The fourth-order valence-electron chi connectivity index (χ4n) is 1.56. The van der Waals surface area contributed by atoms with Gasteiger partial charge in [-0.25, -0.2) is 4.99 Å². The number of hydrogen-bond donors (Lipinski definition) is 1. The van der Waals surface area contributed by atoms with E-state index < -0.39 is 0 Å². The summed E-state index contributed by atoms with van der Waals surface area (Å²) in [5.74, 6) is 0.916. The highest BCUT2D eigenvalue weighted by Crippen LogP contribution is 2.11. The third-order valence-electron chi connectivity index (χ3n) is 2.72. The lowest BCUT2D eigenvalue weighted by Crippen LogP contribution is -2.21. The van der Waals surface area contributed by atoms with Crippen LogP contribution in [-0.4, -0.2) is 24.2 Å². The summed E-state index contributed by atoms with van der Waals surface area (Å²) in [7, 11) is 2.02. The van der Waals surface area contributed by atoms with E-state index in [0.29, 0.717) is 5.70 Å². The Morgan fingerprint density at radius 1 is 1.33 bits per heavy atom. The van der Waals surface area contributed by atoms with Crippen LogP contribution in [0.4, 0.5) is 0 Å². The van der Waals surface area contributed by atoms with Gasteiger partial charge in [-0.2, -0.15) is 0 Å². The molecular formula is C15H27N3. The summed E-state index contributed by atoms with van der Waals surface area (Å²) in [5, 5.41) is 0. The van der Waals surface area contributed by atoms with Crippen LogP contribution in [0, 0.1) is 0 Å². The van der Waals surface area contributed by atoms with Crippen LogP contribution in [0.5, 0.6) is 0 Å². The van der Waals surface area contributed by atoms with E-state index in [4.69, 9.17) is 5.73 Å². The summed E-state index contributed by atoms with van der Waals surface area (Å²) in [4.78, 5) is 6.70. The third-order valence-corrected chi connectivity index (χ3v) is 2.72. The van der Waals surface area contributed by atoms with Crippen molar-refractivity contribution in [3.63, 3.8) is 0 Å². The zero-order valence-electron chi connectivity index (χ0n) is 12.3. The maximum atomic E-state index is 5.76. The Labute approximate surface area is 112 Å². The van der Waals surface area contributed by atoms with Gasteiger partial charge in [0.1, 0.15) is 5.82 Å². The zero-order chi connectivity index (χ0) is 14.1. The first-order valence-corrected chi connectivity index (χ1v) is 6.52. The molecule has 0 atom stereocenters. The SMILES string of the molecule is C=C(CC)CN(C)C(=C\C)/N=C(\CCC)C(=C)N. The van der Waals surface area contributed by atoms with Gasteiger partial charge < -0.3 is 10.6 Å². The number of rotatable bonds is 8. The maximum Gasteiger partial charge on any atom is 0.124 e. The van der Waals surface area contributed by atoms with E-state index in [1.807, 2.05) is 20.0 Å². The van der Waals surface area contributed by atoms with E-state index in [1.54, 1.807) is 0 Å². The van der Waals surface area contributed by atoms with Crippen LogP contribution >= 0.6 is 0 Å². The van der Waals surface area contributed by atoms with Gasteiger partial charge in [-0.15, -0.1) is 0 Å². The molecule has 0 aromatic carbocycles. The van der Waals surface area contributed by atoms with Gasteiger partial charge in [0, 0.05) is 19.3 Å². The molecular weight excluding hydrogens is 222 g/mol. The van der Waals surface area contributed by atoms with Gasteiger partial charge in [0.15, 0.2) is 0 Å². The molecule has 0 bridgehead atoms. The fourth-order valence-corrected chi connectivity index (χ4v) is 1.56. The van der Waals surface area contributed by atoms with Crippen molar-refractivity contribution < 1.29 is 0 Å². The second-order valence-corrected chi connectivity index (χ2v) is 4.44. The first-order valence-electron chi connectivity index (χ1n) is 6.52. The molecule has 3 nitrogen and oxygen atoms in total. The molecule has 18 heavy (non-hydrogen) atoms. The smallest absolute Gasteiger partial charge is 0.124 e. The van der Waals surface area contributed by atoms with E-state index in [1.165, 1.54) is 5.57 Å². The minimum atomic E-state index is 0.555. The Morgan fingerprint density at radius 2 is 1.94 bits per heavy atom. The van der Waals surface area contributed by atoms with Gasteiger partial charge in [-0.1, -0.05) is 39.0 Å².